The summed E-state index contributed by atoms with van der Waals surface area (Å²) in [7, 11) is 0. The zero-order valence-electron chi connectivity index (χ0n) is 10.1. The molecule has 6 heteroatoms. The van der Waals surface area contributed by atoms with Crippen LogP contribution in [0.25, 0.3) is 0 Å². The normalized spacial score (nSPS) is 10.6. The van der Waals surface area contributed by atoms with E-state index in [1.807, 2.05) is 0 Å². The number of nitro benzene ring substituents is 1. The number of hydrogen-bond acceptors (Lipinski definition) is 4. The molecule has 0 atom stereocenters. The van der Waals surface area contributed by atoms with Gasteiger partial charge in [0.25, 0.3) is 11.6 Å². The molecular weight excluding hydrogens is 234 g/mol. The van der Waals surface area contributed by atoms with Gasteiger partial charge in [0.05, 0.1) is 4.92 Å². The highest BCUT2D eigenvalue weighted by Gasteiger charge is 2.12. The van der Waals surface area contributed by atoms with Crippen molar-refractivity contribution >= 4 is 11.6 Å². The Hall–Kier alpha value is -2.21. The van der Waals surface area contributed by atoms with Crippen molar-refractivity contribution in [3.05, 3.63) is 51.6 Å². The molecule has 0 heterocycles. The topological polar surface area (TPSA) is 98.3 Å². The van der Waals surface area contributed by atoms with Gasteiger partial charge >= 0.3 is 0 Å². The molecule has 1 aromatic carbocycles. The molecule has 0 aliphatic carbocycles. The molecule has 0 aliphatic heterocycles. The van der Waals surface area contributed by atoms with E-state index in [-0.39, 0.29) is 11.6 Å². The fourth-order valence-electron chi connectivity index (χ4n) is 1.44. The predicted octanol–water partition coefficient (Wildman–Crippen LogP) is 1.15. The maximum atomic E-state index is 11.8. The van der Waals surface area contributed by atoms with Gasteiger partial charge in [-0.05, 0) is 18.6 Å². The molecule has 18 heavy (non-hydrogen) atoms. The van der Waals surface area contributed by atoms with Gasteiger partial charge in [0, 0.05) is 30.8 Å². The molecule has 0 unspecified atom stereocenters. The third-order valence-corrected chi connectivity index (χ3v) is 2.35. The number of nitro groups is 1. The van der Waals surface area contributed by atoms with Crippen LogP contribution in [0.1, 0.15) is 15.9 Å². The molecule has 0 aliphatic rings. The standard InChI is InChI=1S/C12H15N3O3/c1-9-8-10(15(17)18)4-5-11(9)12(16)14-7-3-2-6-13/h2-5,8H,6-7,13H2,1H3,(H,14,16)/b3-2+. The van der Waals surface area contributed by atoms with Crippen LogP contribution < -0.4 is 11.1 Å². The third kappa shape index (κ3) is 3.67. The highest BCUT2D eigenvalue weighted by atomic mass is 16.6. The summed E-state index contributed by atoms with van der Waals surface area (Å²) in [5, 5.41) is 13.2. The average Bonchev–Trinajstić information content (AvgIpc) is 2.34. The second-order valence-electron chi connectivity index (χ2n) is 3.67. The highest BCUT2D eigenvalue weighted by molar-refractivity contribution is 5.95. The molecule has 0 spiro atoms. The summed E-state index contributed by atoms with van der Waals surface area (Å²) in [4.78, 5) is 21.8. The first-order valence-corrected chi connectivity index (χ1v) is 5.44. The van der Waals surface area contributed by atoms with E-state index in [9.17, 15) is 14.9 Å². The zero-order chi connectivity index (χ0) is 13.5. The first-order valence-electron chi connectivity index (χ1n) is 5.44. The fraction of sp³-hybridized carbons (Fsp3) is 0.250. The number of nitrogens with zero attached hydrogens (tertiary/aromatic N) is 1. The van der Waals surface area contributed by atoms with E-state index in [1.165, 1.54) is 18.2 Å². The quantitative estimate of drug-likeness (QED) is 0.464. The summed E-state index contributed by atoms with van der Waals surface area (Å²) >= 11 is 0. The van der Waals surface area contributed by atoms with E-state index in [0.717, 1.165) is 0 Å². The van der Waals surface area contributed by atoms with Gasteiger partial charge in [0.2, 0.25) is 0 Å². The Morgan fingerprint density at radius 3 is 2.78 bits per heavy atom. The minimum absolute atomic E-state index is 0.0212. The first kappa shape index (κ1) is 13.9. The lowest BCUT2D eigenvalue weighted by Crippen LogP contribution is -2.24. The molecule has 6 nitrogen and oxygen atoms in total. The highest BCUT2D eigenvalue weighted by Crippen LogP contribution is 2.16. The summed E-state index contributed by atoms with van der Waals surface area (Å²) in [6.45, 7) is 2.47. The second kappa shape index (κ2) is 6.51. The number of nitrogens with one attached hydrogen (secondary N) is 1. The van der Waals surface area contributed by atoms with Crippen molar-refractivity contribution in [1.29, 1.82) is 0 Å². The minimum atomic E-state index is -0.487. The minimum Gasteiger partial charge on any atom is -0.349 e. The predicted molar refractivity (Wildman–Crippen MR) is 68.4 cm³/mol. The molecule has 0 fully saturated rings. The van der Waals surface area contributed by atoms with Gasteiger partial charge in [0.15, 0.2) is 0 Å². The van der Waals surface area contributed by atoms with Gasteiger partial charge in [-0.2, -0.15) is 0 Å². The van der Waals surface area contributed by atoms with Crippen LogP contribution in [0.5, 0.6) is 0 Å². The summed E-state index contributed by atoms with van der Waals surface area (Å²) in [5.41, 5.74) is 6.25. The van der Waals surface area contributed by atoms with Crippen LogP contribution in [-0.4, -0.2) is 23.9 Å². The molecule has 0 saturated heterocycles. The first-order chi connectivity index (χ1) is 8.56. The molecule has 1 aromatic rings. The summed E-state index contributed by atoms with van der Waals surface area (Å²) < 4.78 is 0. The second-order valence-corrected chi connectivity index (χ2v) is 3.67. The Morgan fingerprint density at radius 1 is 1.50 bits per heavy atom. The number of benzene rings is 1. The van der Waals surface area contributed by atoms with Crippen LogP contribution in [0, 0.1) is 17.0 Å². The van der Waals surface area contributed by atoms with Gasteiger partial charge in [-0.15, -0.1) is 0 Å². The Balaban J connectivity index is 2.74. The van der Waals surface area contributed by atoms with Crippen LogP contribution in [-0.2, 0) is 0 Å². The van der Waals surface area contributed by atoms with Gasteiger partial charge in [-0.3, -0.25) is 14.9 Å². The summed E-state index contributed by atoms with van der Waals surface area (Å²) in [6.07, 6.45) is 3.49. The lowest BCUT2D eigenvalue weighted by atomic mass is 10.1. The Morgan fingerprint density at radius 2 is 2.22 bits per heavy atom. The van der Waals surface area contributed by atoms with Gasteiger partial charge < -0.3 is 11.1 Å². The van der Waals surface area contributed by atoms with Gasteiger partial charge in [-0.1, -0.05) is 12.2 Å². The summed E-state index contributed by atoms with van der Waals surface area (Å²) in [5.74, 6) is -0.260. The van der Waals surface area contributed by atoms with Crippen LogP contribution in [0.4, 0.5) is 5.69 Å². The SMILES string of the molecule is Cc1cc([N+](=O)[O-])ccc1C(=O)NC/C=C/CN. The van der Waals surface area contributed by atoms with Crippen LogP contribution in [0.3, 0.4) is 0 Å². The van der Waals surface area contributed by atoms with E-state index in [4.69, 9.17) is 5.73 Å². The molecule has 3 N–H and O–H groups in total. The van der Waals surface area contributed by atoms with E-state index in [2.05, 4.69) is 5.32 Å². The molecule has 0 saturated carbocycles. The Bertz CT molecular complexity index is 483. The van der Waals surface area contributed by atoms with Crippen molar-refractivity contribution in [2.45, 2.75) is 6.92 Å². The van der Waals surface area contributed by atoms with Crippen LogP contribution in [0.15, 0.2) is 30.4 Å². The van der Waals surface area contributed by atoms with Crippen molar-refractivity contribution in [2.24, 2.45) is 5.73 Å². The lowest BCUT2D eigenvalue weighted by Gasteiger charge is -2.05. The number of rotatable bonds is 5. The van der Waals surface area contributed by atoms with Crippen LogP contribution in [0.2, 0.25) is 0 Å². The van der Waals surface area contributed by atoms with Crippen molar-refractivity contribution < 1.29 is 9.72 Å². The smallest absolute Gasteiger partial charge is 0.269 e. The third-order valence-electron chi connectivity index (χ3n) is 2.35. The van der Waals surface area contributed by atoms with E-state index in [0.29, 0.717) is 24.2 Å². The maximum Gasteiger partial charge on any atom is 0.269 e. The van der Waals surface area contributed by atoms with E-state index >= 15 is 0 Å². The monoisotopic (exact) mass is 249 g/mol. The molecular formula is C12H15N3O3. The molecule has 0 bridgehead atoms. The number of aryl methyl sites for hydroxylation is 1. The van der Waals surface area contributed by atoms with E-state index in [1.54, 1.807) is 19.1 Å². The number of amides is 1. The number of non-ortho nitro benzene ring substituents is 1. The molecule has 1 amide bonds. The fourth-order valence-corrected chi connectivity index (χ4v) is 1.44. The number of nitrogens with two attached hydrogens (primary N) is 1. The molecule has 0 aromatic heterocycles. The van der Waals surface area contributed by atoms with Gasteiger partial charge in [-0.25, -0.2) is 0 Å². The average molecular weight is 249 g/mol. The number of carbonyl (C=O) groups is 1. The maximum absolute atomic E-state index is 11.8. The number of carbonyl (C=O) groups excluding carboxylic acids is 1. The lowest BCUT2D eigenvalue weighted by molar-refractivity contribution is -0.384. The van der Waals surface area contributed by atoms with Crippen molar-refractivity contribution in [1.82, 2.24) is 5.32 Å². The molecule has 1 rings (SSSR count). The Labute approximate surface area is 105 Å². The zero-order valence-corrected chi connectivity index (χ0v) is 10.1. The van der Waals surface area contributed by atoms with Gasteiger partial charge in [0.1, 0.15) is 0 Å². The van der Waals surface area contributed by atoms with Crippen molar-refractivity contribution in [2.75, 3.05) is 13.1 Å². The van der Waals surface area contributed by atoms with Crippen LogP contribution >= 0.6 is 0 Å². The van der Waals surface area contributed by atoms with E-state index < -0.39 is 4.92 Å². The molecule has 96 valence electrons. The largest absolute Gasteiger partial charge is 0.349 e. The number of hydrogen-bond donors (Lipinski definition) is 2. The Kier molecular flexibility index (Phi) is 5.01. The van der Waals surface area contributed by atoms with Crippen molar-refractivity contribution in [3.8, 4) is 0 Å². The van der Waals surface area contributed by atoms with Crippen molar-refractivity contribution in [3.63, 3.8) is 0 Å². The summed E-state index contributed by atoms with van der Waals surface area (Å²) in [6, 6.07) is 4.15. The molecule has 0 radical (unpaired) electrons.